The summed E-state index contributed by atoms with van der Waals surface area (Å²) in [6.07, 6.45) is 3.36. The van der Waals surface area contributed by atoms with E-state index in [1.165, 1.54) is 11.1 Å². The second-order valence-corrected chi connectivity index (χ2v) is 11.2. The fourth-order valence-corrected chi connectivity index (χ4v) is 5.55. The number of carbonyl (C=O) groups excluding carboxylic acids is 2. The van der Waals surface area contributed by atoms with E-state index < -0.39 is 5.60 Å². The smallest absolute Gasteiger partial charge is 0.307 e. The van der Waals surface area contributed by atoms with Gasteiger partial charge in [-0.2, -0.15) is 0 Å². The molecule has 0 bridgehead atoms. The number of fused-ring (bicyclic) bond motifs is 2. The summed E-state index contributed by atoms with van der Waals surface area (Å²) in [4.78, 5) is 27.5. The number of esters is 1. The van der Waals surface area contributed by atoms with E-state index in [0.29, 0.717) is 18.9 Å². The molecule has 2 aromatic rings. The number of benzene rings is 2. The zero-order chi connectivity index (χ0) is 23.9. The number of carbonyl (C=O) groups is 2. The summed E-state index contributed by atoms with van der Waals surface area (Å²) >= 11 is 0. The van der Waals surface area contributed by atoms with E-state index in [9.17, 15) is 9.59 Å². The van der Waals surface area contributed by atoms with E-state index in [4.69, 9.17) is 9.47 Å². The van der Waals surface area contributed by atoms with Crippen molar-refractivity contribution in [3.63, 3.8) is 0 Å². The molecule has 1 saturated heterocycles. The Morgan fingerprint density at radius 3 is 2.53 bits per heavy atom. The molecule has 2 aromatic carbocycles. The number of piperidine rings is 1. The third kappa shape index (κ3) is 4.76. The lowest BCUT2D eigenvalue weighted by Crippen LogP contribution is -2.44. The van der Waals surface area contributed by atoms with Gasteiger partial charge in [0.05, 0.1) is 13.0 Å². The fraction of sp³-hybridized carbons (Fsp3) is 0.517. The molecule has 0 N–H and O–H groups in total. The molecule has 2 atom stereocenters. The molecule has 5 rings (SSSR count). The van der Waals surface area contributed by atoms with E-state index in [2.05, 4.69) is 23.1 Å². The van der Waals surface area contributed by atoms with Crippen molar-refractivity contribution in [1.82, 2.24) is 4.90 Å². The maximum Gasteiger partial charge on any atom is 0.307 e. The van der Waals surface area contributed by atoms with Crippen molar-refractivity contribution in [2.24, 2.45) is 5.92 Å². The van der Waals surface area contributed by atoms with E-state index in [-0.39, 0.29) is 23.1 Å². The number of ketones is 1. The van der Waals surface area contributed by atoms with Crippen molar-refractivity contribution in [3.05, 3.63) is 65.2 Å². The van der Waals surface area contributed by atoms with Gasteiger partial charge in [-0.25, -0.2) is 0 Å². The molecule has 180 valence electrons. The van der Waals surface area contributed by atoms with Crippen molar-refractivity contribution in [3.8, 4) is 5.75 Å². The van der Waals surface area contributed by atoms with Gasteiger partial charge in [0.15, 0.2) is 5.78 Å². The highest BCUT2D eigenvalue weighted by Gasteiger charge is 2.46. The molecule has 1 saturated carbocycles. The predicted octanol–water partition coefficient (Wildman–Crippen LogP) is 5.13. The minimum Gasteiger partial charge on any atom is -0.492 e. The highest BCUT2D eigenvalue weighted by atomic mass is 16.6. The van der Waals surface area contributed by atoms with Crippen LogP contribution in [-0.2, 0) is 14.9 Å². The number of rotatable bonds is 6. The second-order valence-electron chi connectivity index (χ2n) is 11.2. The van der Waals surface area contributed by atoms with E-state index >= 15 is 0 Å². The van der Waals surface area contributed by atoms with Gasteiger partial charge in [0.25, 0.3) is 0 Å². The normalized spacial score (nSPS) is 23.3. The average Bonchev–Trinajstić information content (AvgIpc) is 3.55. The quantitative estimate of drug-likeness (QED) is 0.441. The zero-order valence-corrected chi connectivity index (χ0v) is 20.5. The van der Waals surface area contributed by atoms with Crippen LogP contribution in [0.1, 0.15) is 73.9 Å². The lowest BCUT2D eigenvalue weighted by atomic mass is 9.74. The fourth-order valence-electron chi connectivity index (χ4n) is 5.55. The number of Topliss-reactive ketones (excluding diaryl/α,β-unsaturated/α-hetero) is 1. The standard InChI is InChI=1S/C29H35NO4/c1-28(2,3)34-26(31)11-14-30-15-12-29(13-16-30)19-33-25-17-21(9-10-24(25)29)27(32)23-18-22(23)20-7-5-4-6-8-20/h4-10,17,22-23H,11-16,18-19H2,1-3H3. The van der Waals surface area contributed by atoms with E-state index in [0.717, 1.165) is 50.2 Å². The summed E-state index contributed by atoms with van der Waals surface area (Å²) in [6, 6.07) is 16.4. The van der Waals surface area contributed by atoms with Crippen LogP contribution in [0.5, 0.6) is 5.75 Å². The molecule has 5 nitrogen and oxygen atoms in total. The maximum atomic E-state index is 13.1. The molecule has 5 heteroatoms. The van der Waals surface area contributed by atoms with Gasteiger partial charge in [0.1, 0.15) is 11.4 Å². The Hall–Kier alpha value is -2.66. The van der Waals surface area contributed by atoms with Crippen LogP contribution in [0.15, 0.2) is 48.5 Å². The first-order valence-electron chi connectivity index (χ1n) is 12.5. The molecule has 2 heterocycles. The van der Waals surface area contributed by atoms with Crippen molar-refractivity contribution < 1.29 is 19.1 Å². The summed E-state index contributed by atoms with van der Waals surface area (Å²) in [7, 11) is 0. The Morgan fingerprint density at radius 2 is 1.82 bits per heavy atom. The van der Waals surface area contributed by atoms with Crippen LogP contribution in [0.2, 0.25) is 0 Å². The molecule has 2 fully saturated rings. The molecule has 34 heavy (non-hydrogen) atoms. The van der Waals surface area contributed by atoms with Gasteiger partial charge >= 0.3 is 5.97 Å². The van der Waals surface area contributed by atoms with Gasteiger partial charge in [-0.15, -0.1) is 0 Å². The minimum absolute atomic E-state index is 0.0193. The third-order valence-electron chi connectivity index (χ3n) is 7.56. The molecule has 0 radical (unpaired) electrons. The van der Waals surface area contributed by atoms with Crippen LogP contribution < -0.4 is 4.74 Å². The van der Waals surface area contributed by atoms with Gasteiger partial charge in [0, 0.05) is 29.0 Å². The molecule has 1 aliphatic carbocycles. The monoisotopic (exact) mass is 461 g/mol. The van der Waals surface area contributed by atoms with Crippen molar-refractivity contribution >= 4 is 11.8 Å². The van der Waals surface area contributed by atoms with Crippen LogP contribution in [0.25, 0.3) is 0 Å². The Morgan fingerprint density at radius 1 is 1.09 bits per heavy atom. The van der Waals surface area contributed by atoms with Gasteiger partial charge in [-0.1, -0.05) is 42.5 Å². The Bertz CT molecular complexity index is 1060. The summed E-state index contributed by atoms with van der Waals surface area (Å²) < 4.78 is 11.6. The van der Waals surface area contributed by atoms with Gasteiger partial charge in [-0.3, -0.25) is 9.59 Å². The third-order valence-corrected chi connectivity index (χ3v) is 7.56. The Labute approximate surface area is 202 Å². The SMILES string of the molecule is CC(C)(C)OC(=O)CCN1CCC2(CC1)COc1cc(C(=O)C3CC3c3ccccc3)ccc12. The first kappa shape index (κ1) is 23.1. The van der Waals surface area contributed by atoms with Gasteiger partial charge in [0.2, 0.25) is 0 Å². The van der Waals surface area contributed by atoms with Gasteiger partial charge in [-0.05, 0) is 70.7 Å². The summed E-state index contributed by atoms with van der Waals surface area (Å²) in [5.41, 5.74) is 2.86. The van der Waals surface area contributed by atoms with E-state index in [1.807, 2.05) is 51.1 Å². The summed E-state index contributed by atoms with van der Waals surface area (Å²) in [6.45, 7) is 8.99. The Balaban J connectivity index is 1.18. The molecular formula is C29H35NO4. The van der Waals surface area contributed by atoms with Gasteiger partial charge < -0.3 is 14.4 Å². The molecular weight excluding hydrogens is 426 g/mol. The molecule has 2 aliphatic heterocycles. The number of ether oxygens (including phenoxy) is 2. The van der Waals surface area contributed by atoms with Crippen molar-refractivity contribution in [2.75, 3.05) is 26.2 Å². The number of hydrogen-bond donors (Lipinski definition) is 0. The minimum atomic E-state index is -0.434. The Kier molecular flexibility index (Phi) is 6.01. The van der Waals surface area contributed by atoms with Crippen LogP contribution in [-0.4, -0.2) is 48.5 Å². The predicted molar refractivity (Wildman–Crippen MR) is 131 cm³/mol. The molecule has 1 spiro atoms. The van der Waals surface area contributed by atoms with Crippen molar-refractivity contribution in [2.45, 2.75) is 63.4 Å². The maximum absolute atomic E-state index is 13.1. The molecule has 0 aromatic heterocycles. The highest BCUT2D eigenvalue weighted by Crippen LogP contribution is 2.50. The topological polar surface area (TPSA) is 55.8 Å². The summed E-state index contributed by atoms with van der Waals surface area (Å²) in [5.74, 6) is 1.41. The second kappa shape index (κ2) is 8.84. The lowest BCUT2D eigenvalue weighted by molar-refractivity contribution is -0.155. The first-order chi connectivity index (χ1) is 16.2. The lowest BCUT2D eigenvalue weighted by Gasteiger charge is -2.38. The first-order valence-corrected chi connectivity index (χ1v) is 12.5. The number of nitrogens with zero attached hydrogens (tertiary/aromatic N) is 1. The molecule has 2 unspecified atom stereocenters. The average molecular weight is 462 g/mol. The molecule has 0 amide bonds. The van der Waals surface area contributed by atoms with Crippen molar-refractivity contribution in [1.29, 1.82) is 0 Å². The number of hydrogen-bond acceptors (Lipinski definition) is 5. The summed E-state index contributed by atoms with van der Waals surface area (Å²) in [5, 5.41) is 0. The number of likely N-dealkylation sites (tertiary alicyclic amines) is 1. The zero-order valence-electron chi connectivity index (χ0n) is 20.5. The molecule has 3 aliphatic rings. The highest BCUT2D eigenvalue weighted by molar-refractivity contribution is 6.00. The van der Waals surface area contributed by atoms with Crippen LogP contribution in [0, 0.1) is 5.92 Å². The van der Waals surface area contributed by atoms with Crippen LogP contribution in [0.4, 0.5) is 0 Å². The van der Waals surface area contributed by atoms with Crippen LogP contribution >= 0.6 is 0 Å². The largest absolute Gasteiger partial charge is 0.492 e. The van der Waals surface area contributed by atoms with E-state index in [1.54, 1.807) is 0 Å². The van der Waals surface area contributed by atoms with Crippen LogP contribution in [0.3, 0.4) is 0 Å².